The van der Waals surface area contributed by atoms with E-state index in [1.807, 2.05) is 78.2 Å². The number of carbonyl (C=O) groups is 2. The number of anilines is 1. The van der Waals surface area contributed by atoms with E-state index in [0.717, 1.165) is 54.7 Å². The number of thioether (sulfide) groups is 1. The summed E-state index contributed by atoms with van der Waals surface area (Å²) >= 11 is 1.34. The Bertz CT molecular complexity index is 1460. The van der Waals surface area contributed by atoms with E-state index in [-0.39, 0.29) is 30.2 Å². The Hall–Kier alpha value is -3.91. The molecule has 1 aliphatic rings. The topological polar surface area (TPSA) is 80.1 Å². The number of nitrogens with zero attached hydrogens (tertiary/aromatic N) is 4. The van der Waals surface area contributed by atoms with Crippen LogP contribution in [0.25, 0.3) is 17.1 Å². The maximum atomic E-state index is 13.7. The van der Waals surface area contributed by atoms with Crippen LogP contribution in [0.15, 0.2) is 84.0 Å². The molecule has 0 unspecified atom stereocenters. The van der Waals surface area contributed by atoms with Crippen molar-refractivity contribution in [2.75, 3.05) is 17.2 Å². The monoisotopic (exact) mass is 567 g/mol. The molecule has 0 aliphatic heterocycles. The van der Waals surface area contributed by atoms with Crippen LogP contribution in [0.1, 0.15) is 50.2 Å². The maximum absolute atomic E-state index is 13.7. The van der Waals surface area contributed by atoms with Crippen LogP contribution in [0.3, 0.4) is 0 Å². The van der Waals surface area contributed by atoms with E-state index in [4.69, 9.17) is 0 Å². The fourth-order valence-corrected chi connectivity index (χ4v) is 6.12. The lowest BCUT2D eigenvalue weighted by molar-refractivity contribution is -0.123. The molecule has 1 saturated carbocycles. The zero-order valence-corrected chi connectivity index (χ0v) is 24.6. The number of nitrogens with one attached hydrogen (secondary N) is 1. The molecular weight excluding hydrogens is 530 g/mol. The van der Waals surface area contributed by atoms with E-state index < -0.39 is 0 Å². The molecule has 1 aliphatic carbocycles. The van der Waals surface area contributed by atoms with Crippen molar-refractivity contribution in [2.24, 2.45) is 0 Å². The van der Waals surface area contributed by atoms with Gasteiger partial charge in [0.15, 0.2) is 11.0 Å². The normalized spacial score (nSPS) is 13.6. The summed E-state index contributed by atoms with van der Waals surface area (Å²) in [5.41, 5.74) is 4.92. The highest BCUT2D eigenvalue weighted by Gasteiger charge is 2.24. The Kier molecular flexibility index (Phi) is 9.51. The van der Waals surface area contributed by atoms with Crippen molar-refractivity contribution in [1.82, 2.24) is 20.1 Å². The van der Waals surface area contributed by atoms with Gasteiger partial charge in [0.1, 0.15) is 6.54 Å². The molecule has 0 atom stereocenters. The third-order valence-electron chi connectivity index (χ3n) is 7.52. The van der Waals surface area contributed by atoms with Gasteiger partial charge < -0.3 is 10.2 Å². The zero-order chi connectivity index (χ0) is 28.6. The molecule has 5 rings (SSSR count). The van der Waals surface area contributed by atoms with E-state index in [0.29, 0.717) is 10.8 Å². The minimum absolute atomic E-state index is 0.0143. The lowest BCUT2D eigenvalue weighted by Crippen LogP contribution is -2.45. The molecule has 0 spiro atoms. The first kappa shape index (κ1) is 28.6. The average Bonchev–Trinajstić information content (AvgIpc) is 3.44. The highest BCUT2D eigenvalue weighted by atomic mass is 32.2. The first-order valence-electron chi connectivity index (χ1n) is 14.4. The summed E-state index contributed by atoms with van der Waals surface area (Å²) in [4.78, 5) is 28.4. The van der Waals surface area contributed by atoms with Crippen LogP contribution >= 0.6 is 11.8 Å². The largest absolute Gasteiger partial charge is 0.352 e. The van der Waals surface area contributed by atoms with Gasteiger partial charge in [-0.05, 0) is 49.9 Å². The first-order valence-corrected chi connectivity index (χ1v) is 15.4. The van der Waals surface area contributed by atoms with Crippen LogP contribution in [0.5, 0.6) is 0 Å². The standard InChI is InChI=1S/C33H37N5O2S/c1-3-25-12-10-11-17-29(25)38-32(26-13-6-4-7-14-26)35-36-33(38)41-23-31(40)37(28-20-18-24(2)19-21-28)22-30(39)34-27-15-8-5-9-16-27/h4,6-7,10-14,17-21,27H,3,5,8-9,15-16,22-23H2,1-2H3,(H,34,39). The van der Waals surface area contributed by atoms with Crippen LogP contribution in [0.4, 0.5) is 5.69 Å². The predicted octanol–water partition coefficient (Wildman–Crippen LogP) is 6.38. The number of rotatable bonds is 10. The summed E-state index contributed by atoms with van der Waals surface area (Å²) in [7, 11) is 0. The van der Waals surface area contributed by atoms with Crippen LogP contribution in [0.2, 0.25) is 0 Å². The van der Waals surface area contributed by atoms with E-state index in [2.05, 4.69) is 34.6 Å². The minimum Gasteiger partial charge on any atom is -0.352 e. The molecule has 0 saturated heterocycles. The fraction of sp³-hybridized carbons (Fsp3) is 0.333. The Morgan fingerprint density at radius 3 is 2.37 bits per heavy atom. The van der Waals surface area contributed by atoms with Crippen molar-refractivity contribution in [3.05, 3.63) is 90.0 Å². The highest BCUT2D eigenvalue weighted by Crippen LogP contribution is 2.30. The molecule has 2 amide bonds. The molecule has 4 aromatic rings. The molecule has 1 fully saturated rings. The van der Waals surface area contributed by atoms with Crippen LogP contribution in [-0.4, -0.2) is 44.9 Å². The van der Waals surface area contributed by atoms with Gasteiger partial charge in [-0.2, -0.15) is 0 Å². The summed E-state index contributed by atoms with van der Waals surface area (Å²) in [6.07, 6.45) is 6.33. The number of amides is 2. The number of carbonyl (C=O) groups excluding carboxylic acids is 2. The molecule has 0 radical (unpaired) electrons. The summed E-state index contributed by atoms with van der Waals surface area (Å²) in [5.74, 6) is 0.564. The maximum Gasteiger partial charge on any atom is 0.240 e. The van der Waals surface area contributed by atoms with Gasteiger partial charge in [-0.3, -0.25) is 14.2 Å². The van der Waals surface area contributed by atoms with E-state index in [1.165, 1.54) is 23.7 Å². The van der Waals surface area contributed by atoms with Crippen molar-refractivity contribution >= 4 is 29.3 Å². The lowest BCUT2D eigenvalue weighted by atomic mass is 9.95. The van der Waals surface area contributed by atoms with Gasteiger partial charge >= 0.3 is 0 Å². The van der Waals surface area contributed by atoms with Crippen molar-refractivity contribution in [3.8, 4) is 17.1 Å². The van der Waals surface area contributed by atoms with Gasteiger partial charge in [-0.25, -0.2) is 0 Å². The second-order valence-corrected chi connectivity index (χ2v) is 11.4. The van der Waals surface area contributed by atoms with Gasteiger partial charge in [0.05, 0.1) is 11.4 Å². The fourth-order valence-electron chi connectivity index (χ4n) is 5.30. The summed E-state index contributed by atoms with van der Waals surface area (Å²) < 4.78 is 2.04. The molecule has 8 heteroatoms. The second-order valence-electron chi connectivity index (χ2n) is 10.5. The molecular formula is C33H37N5O2S. The third kappa shape index (κ3) is 7.06. The van der Waals surface area contributed by atoms with Crippen molar-refractivity contribution in [1.29, 1.82) is 0 Å². The highest BCUT2D eigenvalue weighted by molar-refractivity contribution is 7.99. The molecule has 1 heterocycles. The van der Waals surface area contributed by atoms with Gasteiger partial charge in [0, 0.05) is 17.3 Å². The number of hydrogen-bond donors (Lipinski definition) is 1. The van der Waals surface area contributed by atoms with E-state index in [1.54, 1.807) is 4.90 Å². The minimum atomic E-state index is -0.155. The van der Waals surface area contributed by atoms with Crippen LogP contribution < -0.4 is 10.2 Å². The molecule has 3 aromatic carbocycles. The van der Waals surface area contributed by atoms with Gasteiger partial charge in [0.25, 0.3) is 0 Å². The number of benzene rings is 3. The number of aromatic nitrogens is 3. The molecule has 41 heavy (non-hydrogen) atoms. The number of aryl methyl sites for hydroxylation is 2. The van der Waals surface area contributed by atoms with Crippen LogP contribution in [0, 0.1) is 6.92 Å². The van der Waals surface area contributed by atoms with Gasteiger partial charge in [-0.1, -0.05) is 104 Å². The summed E-state index contributed by atoms with van der Waals surface area (Å²) in [5, 5.41) is 12.9. The van der Waals surface area contributed by atoms with Gasteiger partial charge in [-0.15, -0.1) is 10.2 Å². The van der Waals surface area contributed by atoms with Gasteiger partial charge in [0.2, 0.25) is 11.8 Å². The summed E-state index contributed by atoms with van der Waals surface area (Å²) in [6.45, 7) is 4.12. The quantitative estimate of drug-likeness (QED) is 0.225. The second kappa shape index (κ2) is 13.6. The van der Waals surface area contributed by atoms with Crippen LogP contribution in [-0.2, 0) is 16.0 Å². The molecule has 1 aromatic heterocycles. The van der Waals surface area contributed by atoms with Crippen molar-refractivity contribution in [2.45, 2.75) is 63.6 Å². The van der Waals surface area contributed by atoms with Crippen molar-refractivity contribution in [3.63, 3.8) is 0 Å². The summed E-state index contributed by atoms with van der Waals surface area (Å²) in [6, 6.07) is 26.1. The van der Waals surface area contributed by atoms with Crippen molar-refractivity contribution < 1.29 is 9.59 Å². The van der Waals surface area contributed by atoms with E-state index in [9.17, 15) is 9.59 Å². The molecule has 0 bridgehead atoms. The average molecular weight is 568 g/mol. The Morgan fingerprint density at radius 2 is 1.63 bits per heavy atom. The Morgan fingerprint density at radius 1 is 0.927 bits per heavy atom. The Labute approximate surface area is 246 Å². The first-order chi connectivity index (χ1) is 20.0. The molecule has 7 nitrogen and oxygen atoms in total. The zero-order valence-electron chi connectivity index (χ0n) is 23.8. The predicted molar refractivity (Wildman–Crippen MR) is 165 cm³/mol. The van der Waals surface area contributed by atoms with E-state index >= 15 is 0 Å². The third-order valence-corrected chi connectivity index (χ3v) is 8.44. The molecule has 1 N–H and O–H groups in total. The number of para-hydroxylation sites is 1. The number of hydrogen-bond acceptors (Lipinski definition) is 5. The smallest absolute Gasteiger partial charge is 0.240 e. The SMILES string of the molecule is CCc1ccccc1-n1c(SCC(=O)N(CC(=O)NC2CCCCC2)c2ccc(C)cc2)nnc1-c1ccccc1. The molecule has 212 valence electrons. The lowest BCUT2D eigenvalue weighted by Gasteiger charge is -2.26. The Balaban J connectivity index is 1.40.